The maximum absolute atomic E-state index is 13.4. The first-order valence-corrected chi connectivity index (χ1v) is 12.9. The lowest BCUT2D eigenvalue weighted by Crippen LogP contribution is -2.49. The lowest BCUT2D eigenvalue weighted by atomic mass is 9.87. The van der Waals surface area contributed by atoms with Gasteiger partial charge in [-0.05, 0) is 67.8 Å². The summed E-state index contributed by atoms with van der Waals surface area (Å²) in [4.78, 5) is 25.4. The molecular weight excluding hydrogens is 466 g/mol. The van der Waals surface area contributed by atoms with Crippen molar-refractivity contribution in [1.29, 1.82) is 0 Å². The molecule has 2 aromatic carbocycles. The molecule has 3 aromatic rings. The number of aryl methyl sites for hydroxylation is 1. The van der Waals surface area contributed by atoms with E-state index in [1.807, 2.05) is 42.2 Å². The molecular formula is C27H30F2N4OS. The van der Waals surface area contributed by atoms with Crippen molar-refractivity contribution in [3.05, 3.63) is 89.2 Å². The van der Waals surface area contributed by atoms with Crippen LogP contribution in [0.5, 0.6) is 0 Å². The second-order valence-electron chi connectivity index (χ2n) is 8.79. The van der Waals surface area contributed by atoms with Gasteiger partial charge in [0.05, 0.1) is 5.75 Å². The summed E-state index contributed by atoms with van der Waals surface area (Å²) in [6.45, 7) is 5.95. The molecule has 8 heteroatoms. The van der Waals surface area contributed by atoms with Gasteiger partial charge in [0.25, 0.3) is 0 Å². The minimum Gasteiger partial charge on any atom is -0.339 e. The van der Waals surface area contributed by atoms with Gasteiger partial charge in [-0.15, -0.1) is 0 Å². The van der Waals surface area contributed by atoms with Gasteiger partial charge >= 0.3 is 0 Å². The number of thioether (sulfide) groups is 1. The summed E-state index contributed by atoms with van der Waals surface area (Å²) in [6.07, 6.45) is 3.54. The average Bonchev–Trinajstić information content (AvgIpc) is 2.87. The van der Waals surface area contributed by atoms with Crippen LogP contribution >= 0.6 is 11.8 Å². The summed E-state index contributed by atoms with van der Waals surface area (Å²) >= 11 is 1.38. The number of carbonyl (C=O) groups excluding carboxylic acids is 1. The highest BCUT2D eigenvalue weighted by molar-refractivity contribution is 7.99. The van der Waals surface area contributed by atoms with Crippen molar-refractivity contribution in [3.8, 4) is 0 Å². The third-order valence-electron chi connectivity index (χ3n) is 6.33. The summed E-state index contributed by atoms with van der Waals surface area (Å²) in [5.74, 6) is 0.0283. The molecule has 1 amide bonds. The van der Waals surface area contributed by atoms with E-state index in [0.717, 1.165) is 49.3 Å². The summed E-state index contributed by atoms with van der Waals surface area (Å²) in [5.41, 5.74) is 2.96. The van der Waals surface area contributed by atoms with Crippen LogP contribution in [0, 0.1) is 18.6 Å². The number of nitrogens with zero attached hydrogens (tertiary/aromatic N) is 4. The number of piperazine rings is 1. The van der Waals surface area contributed by atoms with Gasteiger partial charge in [0.2, 0.25) is 5.91 Å². The van der Waals surface area contributed by atoms with E-state index < -0.39 is 0 Å². The number of halogens is 2. The van der Waals surface area contributed by atoms with E-state index in [1.165, 1.54) is 36.0 Å². The zero-order chi connectivity index (χ0) is 24.6. The molecule has 4 rings (SSSR count). The van der Waals surface area contributed by atoms with Crippen LogP contribution in [0.1, 0.15) is 35.6 Å². The predicted octanol–water partition coefficient (Wildman–Crippen LogP) is 4.91. The molecule has 184 valence electrons. The van der Waals surface area contributed by atoms with E-state index in [0.29, 0.717) is 24.0 Å². The summed E-state index contributed by atoms with van der Waals surface area (Å²) in [6, 6.07) is 15.0. The minimum atomic E-state index is -0.260. The Kier molecular flexibility index (Phi) is 8.82. The van der Waals surface area contributed by atoms with Crippen molar-refractivity contribution < 1.29 is 13.6 Å². The smallest absolute Gasteiger partial charge is 0.233 e. The Morgan fingerprint density at radius 1 is 0.943 bits per heavy atom. The Morgan fingerprint density at radius 2 is 1.54 bits per heavy atom. The van der Waals surface area contributed by atoms with Crippen molar-refractivity contribution in [2.75, 3.05) is 38.5 Å². The van der Waals surface area contributed by atoms with Crippen LogP contribution in [-0.4, -0.2) is 64.2 Å². The number of hydrogen-bond donors (Lipinski definition) is 0. The summed E-state index contributed by atoms with van der Waals surface area (Å²) < 4.78 is 26.9. The van der Waals surface area contributed by atoms with Crippen molar-refractivity contribution in [2.45, 2.75) is 30.8 Å². The van der Waals surface area contributed by atoms with Crippen LogP contribution in [-0.2, 0) is 4.79 Å². The lowest BCUT2D eigenvalue weighted by molar-refractivity contribution is -0.130. The fraction of sp³-hybridized carbons (Fsp3) is 0.370. The molecule has 0 radical (unpaired) electrons. The van der Waals surface area contributed by atoms with E-state index in [2.05, 4.69) is 14.9 Å². The predicted molar refractivity (Wildman–Crippen MR) is 134 cm³/mol. The standard InChI is InChI=1S/C27H30F2N4OS/c1-20-12-13-30-27(31-20)35-19-26(34)33-17-15-32(16-18-33)14-2-3-25(21-4-8-23(28)9-5-21)22-6-10-24(29)11-7-22/h4-13,25H,2-3,14-19H2,1H3. The number of aromatic nitrogens is 2. The average molecular weight is 497 g/mol. The minimum absolute atomic E-state index is 0.0833. The Balaban J connectivity index is 1.25. The van der Waals surface area contributed by atoms with E-state index in [1.54, 1.807) is 6.20 Å². The quantitative estimate of drug-likeness (QED) is 0.311. The van der Waals surface area contributed by atoms with Crippen LogP contribution in [0.4, 0.5) is 8.78 Å². The molecule has 1 aliphatic heterocycles. The number of carbonyl (C=O) groups is 1. The van der Waals surface area contributed by atoms with Gasteiger partial charge in [0.1, 0.15) is 11.6 Å². The highest BCUT2D eigenvalue weighted by Gasteiger charge is 2.22. The lowest BCUT2D eigenvalue weighted by Gasteiger charge is -2.35. The maximum Gasteiger partial charge on any atom is 0.233 e. The fourth-order valence-electron chi connectivity index (χ4n) is 4.37. The van der Waals surface area contributed by atoms with Gasteiger partial charge in [0, 0.05) is 44.0 Å². The van der Waals surface area contributed by atoms with Crippen LogP contribution in [0.15, 0.2) is 66.0 Å². The third kappa shape index (κ3) is 7.32. The molecule has 5 nitrogen and oxygen atoms in total. The van der Waals surface area contributed by atoms with E-state index in [4.69, 9.17) is 0 Å². The summed E-state index contributed by atoms with van der Waals surface area (Å²) in [7, 11) is 0. The molecule has 1 aromatic heterocycles. The molecule has 2 heterocycles. The molecule has 0 atom stereocenters. The first kappa shape index (κ1) is 25.3. The van der Waals surface area contributed by atoms with Gasteiger partial charge in [-0.2, -0.15) is 0 Å². The second-order valence-corrected chi connectivity index (χ2v) is 9.73. The number of benzene rings is 2. The van der Waals surface area contributed by atoms with Gasteiger partial charge in [-0.1, -0.05) is 36.0 Å². The molecule has 35 heavy (non-hydrogen) atoms. The first-order valence-electron chi connectivity index (χ1n) is 11.9. The normalized spacial score (nSPS) is 14.5. The van der Waals surface area contributed by atoms with Crippen molar-refractivity contribution >= 4 is 17.7 Å². The Hall–Kier alpha value is -2.84. The molecule has 1 saturated heterocycles. The number of amides is 1. The molecule has 0 aliphatic carbocycles. The van der Waals surface area contributed by atoms with Gasteiger partial charge in [-0.3, -0.25) is 9.69 Å². The zero-order valence-corrected chi connectivity index (χ0v) is 20.7. The molecule has 0 N–H and O–H groups in total. The monoisotopic (exact) mass is 496 g/mol. The zero-order valence-electron chi connectivity index (χ0n) is 19.9. The highest BCUT2D eigenvalue weighted by atomic mass is 32.2. The third-order valence-corrected chi connectivity index (χ3v) is 7.18. The second kappa shape index (κ2) is 12.2. The largest absolute Gasteiger partial charge is 0.339 e. The molecule has 1 aliphatic rings. The van der Waals surface area contributed by atoms with Gasteiger partial charge < -0.3 is 4.90 Å². The van der Waals surface area contributed by atoms with Gasteiger partial charge in [-0.25, -0.2) is 18.7 Å². The SMILES string of the molecule is Cc1ccnc(SCC(=O)N2CCN(CCCC(c3ccc(F)cc3)c3ccc(F)cc3)CC2)n1. The summed E-state index contributed by atoms with van der Waals surface area (Å²) in [5, 5.41) is 0.633. The molecule has 0 unspecified atom stereocenters. The first-order chi connectivity index (χ1) is 17.0. The van der Waals surface area contributed by atoms with Crippen LogP contribution < -0.4 is 0 Å². The van der Waals surface area contributed by atoms with E-state index in [9.17, 15) is 13.6 Å². The van der Waals surface area contributed by atoms with Crippen molar-refractivity contribution in [2.24, 2.45) is 0 Å². The van der Waals surface area contributed by atoms with Gasteiger partial charge in [0.15, 0.2) is 5.16 Å². The van der Waals surface area contributed by atoms with Crippen molar-refractivity contribution in [1.82, 2.24) is 19.8 Å². The van der Waals surface area contributed by atoms with Crippen LogP contribution in [0.3, 0.4) is 0 Å². The van der Waals surface area contributed by atoms with Crippen LogP contribution in [0.2, 0.25) is 0 Å². The van der Waals surface area contributed by atoms with Crippen LogP contribution in [0.25, 0.3) is 0 Å². The maximum atomic E-state index is 13.4. The topological polar surface area (TPSA) is 49.3 Å². The fourth-order valence-corrected chi connectivity index (χ4v) is 5.15. The Labute approximate surface area is 209 Å². The van der Waals surface area contributed by atoms with Crippen molar-refractivity contribution in [3.63, 3.8) is 0 Å². The number of hydrogen-bond acceptors (Lipinski definition) is 5. The van der Waals surface area contributed by atoms with E-state index in [-0.39, 0.29) is 23.5 Å². The van der Waals surface area contributed by atoms with E-state index >= 15 is 0 Å². The molecule has 0 spiro atoms. The number of rotatable bonds is 9. The Bertz CT molecular complexity index is 1060. The molecule has 0 saturated carbocycles. The molecule has 0 bridgehead atoms. The highest BCUT2D eigenvalue weighted by Crippen LogP contribution is 2.30. The molecule has 1 fully saturated rings. The Morgan fingerprint density at radius 3 is 2.11 bits per heavy atom.